The van der Waals surface area contributed by atoms with Crippen LogP contribution in [0.4, 0.5) is 0 Å². The van der Waals surface area contributed by atoms with Crippen LogP contribution >= 0.6 is 45.2 Å². The number of hydrogen-bond donors (Lipinski definition) is 0. The molecular weight excluding hydrogens is 301 g/mol. The first kappa shape index (κ1) is 7.52. The molecule has 0 aliphatic carbocycles. The molecule has 0 nitrogen and oxygen atoms in total. The van der Waals surface area contributed by atoms with Crippen LogP contribution in [0.5, 0.6) is 0 Å². The van der Waals surface area contributed by atoms with Gasteiger partial charge >= 0.3 is 0 Å². The van der Waals surface area contributed by atoms with Crippen LogP contribution < -0.4 is 0 Å². The first-order valence-corrected chi connectivity index (χ1v) is 4.10. The lowest BCUT2D eigenvalue weighted by atomic mass is 10.0. The third-order valence-electron chi connectivity index (χ3n) is 0.621. The van der Waals surface area contributed by atoms with Gasteiger partial charge in [-0.1, -0.05) is 52.1 Å². The summed E-state index contributed by atoms with van der Waals surface area (Å²) in [7, 11) is 2.22. The highest BCUT2D eigenvalue weighted by molar-refractivity contribution is 14.2. The van der Waals surface area contributed by atoms with E-state index in [0.29, 0.717) is 1.33 Å². The van der Waals surface area contributed by atoms with Gasteiger partial charge in [-0.15, -0.1) is 0 Å². The minimum Gasteiger partial charge on any atom is -0.0775 e. The van der Waals surface area contributed by atoms with Crippen molar-refractivity contribution in [3.05, 3.63) is 0 Å². The van der Waals surface area contributed by atoms with Gasteiger partial charge in [-0.2, -0.15) is 0 Å². The van der Waals surface area contributed by atoms with Gasteiger partial charge in [0.1, 0.15) is 7.85 Å². The summed E-state index contributed by atoms with van der Waals surface area (Å²) < 4.78 is 0.482. The van der Waals surface area contributed by atoms with Crippen molar-refractivity contribution < 1.29 is 0 Å². The van der Waals surface area contributed by atoms with E-state index in [0.717, 1.165) is 0 Å². The summed E-state index contributed by atoms with van der Waals surface area (Å²) in [5, 5.41) is 0. The Morgan fingerprint density at radius 3 is 1.83 bits per heavy atom. The zero-order valence-electron chi connectivity index (χ0n) is 3.96. The van der Waals surface area contributed by atoms with Crippen LogP contribution in [0.25, 0.3) is 0 Å². The minimum atomic E-state index is 0.482. The van der Waals surface area contributed by atoms with Gasteiger partial charge in [0, 0.05) is 1.33 Å². The van der Waals surface area contributed by atoms with E-state index in [-0.39, 0.29) is 0 Å². The smallest absolute Gasteiger partial charge is 0.0775 e. The molecule has 0 aromatic rings. The van der Waals surface area contributed by atoms with Gasteiger partial charge in [0.25, 0.3) is 0 Å². The fraction of sp³-hybridized carbons (Fsp3) is 1.00. The van der Waals surface area contributed by atoms with Crippen LogP contribution in [0.3, 0.4) is 0 Å². The Balaban J connectivity index is 3.17. The molecule has 0 aliphatic heterocycles. The molecule has 0 rings (SSSR count). The fourth-order valence-electron chi connectivity index (χ4n) is 0. The van der Waals surface area contributed by atoms with Crippen molar-refractivity contribution in [2.45, 2.75) is 14.7 Å². The molecule has 0 fully saturated rings. The third-order valence-corrected chi connectivity index (χ3v) is 2.15. The second-order valence-corrected chi connectivity index (χ2v) is 8.25. The predicted molar refractivity (Wildman–Crippen MR) is 49.6 cm³/mol. The molecule has 0 saturated carbocycles. The Hall–Kier alpha value is 1.52. The van der Waals surface area contributed by atoms with E-state index in [4.69, 9.17) is 0 Å². The average Bonchev–Trinajstić information content (AvgIpc) is 1.35. The third kappa shape index (κ3) is 5.52. The van der Waals surface area contributed by atoms with Crippen molar-refractivity contribution in [1.82, 2.24) is 0 Å². The van der Waals surface area contributed by atoms with E-state index in [1.54, 1.807) is 0 Å². The average molecular weight is 308 g/mol. The highest BCUT2D eigenvalue weighted by atomic mass is 127. The largest absolute Gasteiger partial charge is 0.135 e. The Kier molecular flexibility index (Phi) is 3.44. The zero-order chi connectivity index (χ0) is 5.21. The van der Waals surface area contributed by atoms with E-state index >= 15 is 0 Å². The maximum atomic E-state index is 2.43. The highest BCUT2D eigenvalue weighted by Gasteiger charge is 2.09. The van der Waals surface area contributed by atoms with E-state index in [2.05, 4.69) is 60.0 Å². The van der Waals surface area contributed by atoms with Crippen molar-refractivity contribution in [3.63, 3.8) is 0 Å². The Labute approximate surface area is 67.1 Å². The fourth-order valence-corrected chi connectivity index (χ4v) is 0. The Morgan fingerprint density at radius 2 is 1.83 bits per heavy atom. The molecule has 0 heterocycles. The molecule has 0 saturated heterocycles. The molecular formula is C3H7BI2. The van der Waals surface area contributed by atoms with Gasteiger partial charge in [-0.25, -0.2) is 0 Å². The van der Waals surface area contributed by atoms with E-state index in [1.165, 1.54) is 6.42 Å². The van der Waals surface area contributed by atoms with E-state index in [1.807, 2.05) is 0 Å². The second kappa shape index (κ2) is 2.74. The lowest BCUT2D eigenvalue weighted by Crippen LogP contribution is -2.05. The Bertz CT molecular complexity index is 38.5. The molecule has 0 N–H and O–H groups in total. The van der Waals surface area contributed by atoms with Crippen molar-refractivity contribution >= 4 is 53.0 Å². The maximum absolute atomic E-state index is 2.43. The Morgan fingerprint density at radius 1 is 1.67 bits per heavy atom. The van der Waals surface area contributed by atoms with Gasteiger partial charge < -0.3 is 0 Å². The molecule has 0 atom stereocenters. The normalized spacial score (nSPS) is 11.8. The zero-order valence-corrected chi connectivity index (χ0v) is 8.28. The standard InChI is InChI=1S/C3H7BI2/c1-2-3(4,5)6/h2,4H2,1H3. The lowest BCUT2D eigenvalue weighted by molar-refractivity contribution is 1.05. The minimum absolute atomic E-state index is 0.482. The van der Waals surface area contributed by atoms with Crippen LogP contribution in [-0.4, -0.2) is 9.17 Å². The van der Waals surface area contributed by atoms with Crippen molar-refractivity contribution in [2.75, 3.05) is 0 Å². The van der Waals surface area contributed by atoms with Crippen LogP contribution in [0, 0.1) is 0 Å². The quantitative estimate of drug-likeness (QED) is 0.392. The van der Waals surface area contributed by atoms with Crippen LogP contribution in [0.1, 0.15) is 13.3 Å². The van der Waals surface area contributed by atoms with Crippen LogP contribution in [0.15, 0.2) is 0 Å². The SMILES string of the molecule is BC(I)(I)CC. The number of alkyl halides is 2. The first-order chi connectivity index (χ1) is 2.56. The topological polar surface area (TPSA) is 0 Å². The molecule has 0 aromatic heterocycles. The van der Waals surface area contributed by atoms with Gasteiger partial charge in [-0.05, 0) is 6.42 Å². The van der Waals surface area contributed by atoms with Crippen LogP contribution in [0.2, 0.25) is 0 Å². The summed E-state index contributed by atoms with van der Waals surface area (Å²) in [6.07, 6.45) is 1.24. The lowest BCUT2D eigenvalue weighted by Gasteiger charge is -2.07. The summed E-state index contributed by atoms with van der Waals surface area (Å²) in [6.45, 7) is 2.19. The van der Waals surface area contributed by atoms with Crippen molar-refractivity contribution in [2.24, 2.45) is 0 Å². The molecule has 0 unspecified atom stereocenters. The van der Waals surface area contributed by atoms with Gasteiger partial charge in [0.05, 0.1) is 0 Å². The summed E-state index contributed by atoms with van der Waals surface area (Å²) >= 11 is 4.85. The number of hydrogen-bond acceptors (Lipinski definition) is 0. The maximum Gasteiger partial charge on any atom is 0.135 e. The second-order valence-electron chi connectivity index (χ2n) is 1.42. The van der Waals surface area contributed by atoms with Gasteiger partial charge in [0.2, 0.25) is 0 Å². The molecule has 0 aromatic carbocycles. The highest BCUT2D eigenvalue weighted by Crippen LogP contribution is 2.25. The molecule has 0 spiro atoms. The van der Waals surface area contributed by atoms with Gasteiger partial charge in [0.15, 0.2) is 0 Å². The van der Waals surface area contributed by atoms with Gasteiger partial charge in [-0.3, -0.25) is 0 Å². The summed E-state index contributed by atoms with van der Waals surface area (Å²) in [5.74, 6) is 0. The molecule has 0 amide bonds. The summed E-state index contributed by atoms with van der Waals surface area (Å²) in [6, 6.07) is 0. The molecule has 0 bridgehead atoms. The number of rotatable bonds is 1. The molecule has 0 radical (unpaired) electrons. The molecule has 6 heavy (non-hydrogen) atoms. The van der Waals surface area contributed by atoms with Crippen molar-refractivity contribution in [1.29, 1.82) is 0 Å². The van der Waals surface area contributed by atoms with E-state index < -0.39 is 0 Å². The molecule has 3 heteroatoms. The molecule has 0 aliphatic rings. The van der Waals surface area contributed by atoms with E-state index in [9.17, 15) is 0 Å². The predicted octanol–water partition coefficient (Wildman–Crippen LogP) is 1.55. The van der Waals surface area contributed by atoms with Crippen molar-refractivity contribution in [3.8, 4) is 0 Å². The molecule has 36 valence electrons. The summed E-state index contributed by atoms with van der Waals surface area (Å²) in [5.41, 5.74) is 0. The first-order valence-electron chi connectivity index (χ1n) is 1.94. The summed E-state index contributed by atoms with van der Waals surface area (Å²) in [4.78, 5) is 0. The van der Waals surface area contributed by atoms with Crippen LogP contribution in [-0.2, 0) is 0 Å². The number of halogens is 2. The monoisotopic (exact) mass is 308 g/mol.